The van der Waals surface area contributed by atoms with Crippen LogP contribution in [0.2, 0.25) is 0 Å². The van der Waals surface area contributed by atoms with Crippen molar-refractivity contribution < 1.29 is 9.59 Å². The lowest BCUT2D eigenvalue weighted by Gasteiger charge is -2.21. The smallest absolute Gasteiger partial charge is 0.321 e. The molecule has 1 aromatic rings. The number of likely N-dealkylation sites (tertiary alicyclic amines) is 1. The molecule has 0 unspecified atom stereocenters. The van der Waals surface area contributed by atoms with E-state index in [4.69, 9.17) is 0 Å². The molecule has 1 aromatic carbocycles. The molecular formula is C20H25N3O2. The van der Waals surface area contributed by atoms with Crippen LogP contribution >= 0.6 is 0 Å². The van der Waals surface area contributed by atoms with E-state index < -0.39 is 0 Å². The number of urea groups is 1. The number of anilines is 1. The molecule has 0 radical (unpaired) electrons. The van der Waals surface area contributed by atoms with Gasteiger partial charge in [0.1, 0.15) is 0 Å². The van der Waals surface area contributed by atoms with Crippen molar-refractivity contribution >= 4 is 17.6 Å². The standard InChI is InChI=1S/C20H25N3O2/c1-14-2-5-16-12-22(13-17(16)10-14)19(24)11-15-3-6-18(7-4-15)23-9-8-21-20(23)25/h2-4,6-7,16-17H,5,8-13H2,1H3,(H,21,25)/t16-,17+/m0/s1. The average Bonchev–Trinajstić information content (AvgIpc) is 3.21. The number of hydrogen-bond acceptors (Lipinski definition) is 2. The first-order valence-corrected chi connectivity index (χ1v) is 9.18. The van der Waals surface area contributed by atoms with E-state index in [1.807, 2.05) is 29.2 Å². The monoisotopic (exact) mass is 339 g/mol. The molecule has 5 heteroatoms. The third-order valence-corrected chi connectivity index (χ3v) is 5.74. The second-order valence-corrected chi connectivity index (χ2v) is 7.54. The topological polar surface area (TPSA) is 52.7 Å². The van der Waals surface area contributed by atoms with E-state index in [1.165, 1.54) is 5.57 Å². The van der Waals surface area contributed by atoms with Gasteiger partial charge in [0.2, 0.25) is 5.91 Å². The second-order valence-electron chi connectivity index (χ2n) is 7.54. The van der Waals surface area contributed by atoms with Gasteiger partial charge in [0.05, 0.1) is 6.42 Å². The third kappa shape index (κ3) is 3.28. The fraction of sp³-hybridized carbons (Fsp3) is 0.500. The van der Waals surface area contributed by atoms with Gasteiger partial charge in [-0.05, 0) is 49.3 Å². The SMILES string of the molecule is CC1=CC[C@H]2CN(C(=O)Cc3ccc(N4CCNC4=O)cc3)C[C@H]2C1. The number of allylic oxidation sites excluding steroid dienone is 2. The number of nitrogens with zero attached hydrogens (tertiary/aromatic N) is 2. The Morgan fingerprint density at radius 1 is 1.20 bits per heavy atom. The summed E-state index contributed by atoms with van der Waals surface area (Å²) in [4.78, 5) is 28.1. The Bertz CT molecular complexity index is 710. The van der Waals surface area contributed by atoms with Crippen LogP contribution in [0.15, 0.2) is 35.9 Å². The van der Waals surface area contributed by atoms with Crippen molar-refractivity contribution in [1.29, 1.82) is 0 Å². The van der Waals surface area contributed by atoms with Crippen molar-refractivity contribution in [2.24, 2.45) is 11.8 Å². The van der Waals surface area contributed by atoms with Crippen LogP contribution in [0.1, 0.15) is 25.3 Å². The molecule has 0 spiro atoms. The first kappa shape index (κ1) is 16.2. The zero-order chi connectivity index (χ0) is 17.4. The summed E-state index contributed by atoms with van der Waals surface area (Å²) in [5, 5.41) is 2.80. The first-order valence-electron chi connectivity index (χ1n) is 9.18. The van der Waals surface area contributed by atoms with Crippen LogP contribution in [0.5, 0.6) is 0 Å². The van der Waals surface area contributed by atoms with Gasteiger partial charge in [-0.25, -0.2) is 4.79 Å². The van der Waals surface area contributed by atoms with Gasteiger partial charge in [-0.3, -0.25) is 9.69 Å². The summed E-state index contributed by atoms with van der Waals surface area (Å²) in [5.74, 6) is 1.51. The summed E-state index contributed by atoms with van der Waals surface area (Å²) in [7, 11) is 0. The van der Waals surface area contributed by atoms with Crippen molar-refractivity contribution in [3.63, 3.8) is 0 Å². The van der Waals surface area contributed by atoms with Crippen molar-refractivity contribution in [3.05, 3.63) is 41.5 Å². The number of nitrogens with one attached hydrogen (secondary N) is 1. The predicted molar refractivity (Wildman–Crippen MR) is 97.4 cm³/mol. The van der Waals surface area contributed by atoms with Gasteiger partial charge in [0, 0.05) is 31.9 Å². The average molecular weight is 339 g/mol. The van der Waals surface area contributed by atoms with Gasteiger partial charge in [-0.2, -0.15) is 0 Å². The molecule has 0 saturated carbocycles. The Morgan fingerprint density at radius 3 is 2.68 bits per heavy atom. The maximum atomic E-state index is 12.7. The van der Waals surface area contributed by atoms with Crippen molar-refractivity contribution in [2.75, 3.05) is 31.1 Å². The van der Waals surface area contributed by atoms with E-state index in [0.29, 0.717) is 31.3 Å². The Hall–Kier alpha value is -2.30. The van der Waals surface area contributed by atoms with E-state index in [2.05, 4.69) is 18.3 Å². The molecule has 2 atom stereocenters. The van der Waals surface area contributed by atoms with E-state index in [1.54, 1.807) is 4.90 Å². The van der Waals surface area contributed by atoms with Crippen LogP contribution in [0.4, 0.5) is 10.5 Å². The lowest BCUT2D eigenvalue weighted by Crippen LogP contribution is -2.30. The lowest BCUT2D eigenvalue weighted by molar-refractivity contribution is -0.129. The molecule has 2 aliphatic heterocycles. The van der Waals surface area contributed by atoms with Gasteiger partial charge in [-0.15, -0.1) is 0 Å². The molecule has 132 valence electrons. The lowest BCUT2D eigenvalue weighted by atomic mass is 9.83. The van der Waals surface area contributed by atoms with E-state index in [9.17, 15) is 9.59 Å². The second kappa shape index (κ2) is 6.54. The Morgan fingerprint density at radius 2 is 1.96 bits per heavy atom. The molecule has 0 aromatic heterocycles. The summed E-state index contributed by atoms with van der Waals surface area (Å²) in [6.07, 6.45) is 5.04. The Kier molecular flexibility index (Phi) is 4.24. The minimum atomic E-state index is -0.0487. The maximum Gasteiger partial charge on any atom is 0.321 e. The molecular weight excluding hydrogens is 314 g/mol. The molecule has 2 heterocycles. The number of rotatable bonds is 3. The normalized spacial score (nSPS) is 25.6. The van der Waals surface area contributed by atoms with Crippen LogP contribution in [-0.4, -0.2) is 43.0 Å². The van der Waals surface area contributed by atoms with Gasteiger partial charge in [0.25, 0.3) is 0 Å². The number of amides is 3. The van der Waals surface area contributed by atoms with Crippen molar-refractivity contribution in [2.45, 2.75) is 26.2 Å². The largest absolute Gasteiger partial charge is 0.342 e. The fourth-order valence-electron chi connectivity index (χ4n) is 4.29. The molecule has 25 heavy (non-hydrogen) atoms. The Balaban J connectivity index is 1.36. The van der Waals surface area contributed by atoms with E-state index in [0.717, 1.165) is 37.2 Å². The van der Waals surface area contributed by atoms with Crippen LogP contribution in [0, 0.1) is 11.8 Å². The van der Waals surface area contributed by atoms with Gasteiger partial charge < -0.3 is 10.2 Å². The summed E-state index contributed by atoms with van der Waals surface area (Å²) >= 11 is 0. The summed E-state index contributed by atoms with van der Waals surface area (Å²) < 4.78 is 0. The highest BCUT2D eigenvalue weighted by atomic mass is 16.2. The maximum absolute atomic E-state index is 12.7. The number of fused-ring (bicyclic) bond motifs is 1. The molecule has 2 saturated heterocycles. The van der Waals surface area contributed by atoms with Gasteiger partial charge >= 0.3 is 6.03 Å². The quantitative estimate of drug-likeness (QED) is 0.861. The molecule has 3 amide bonds. The minimum Gasteiger partial charge on any atom is -0.342 e. The summed E-state index contributed by atoms with van der Waals surface area (Å²) in [5.41, 5.74) is 3.37. The highest BCUT2D eigenvalue weighted by Crippen LogP contribution is 2.35. The Labute approximate surface area is 148 Å². The van der Waals surface area contributed by atoms with Gasteiger partial charge in [-0.1, -0.05) is 23.8 Å². The number of hydrogen-bond donors (Lipinski definition) is 1. The van der Waals surface area contributed by atoms with E-state index >= 15 is 0 Å². The van der Waals surface area contributed by atoms with Crippen LogP contribution < -0.4 is 10.2 Å². The van der Waals surface area contributed by atoms with Crippen LogP contribution in [0.25, 0.3) is 0 Å². The first-order chi connectivity index (χ1) is 12.1. The fourth-order valence-corrected chi connectivity index (χ4v) is 4.29. The molecule has 3 aliphatic rings. The number of benzene rings is 1. The molecule has 0 bridgehead atoms. The predicted octanol–water partition coefficient (Wildman–Crippen LogP) is 2.57. The zero-order valence-electron chi connectivity index (χ0n) is 14.7. The summed E-state index contributed by atoms with van der Waals surface area (Å²) in [6, 6.07) is 7.75. The van der Waals surface area contributed by atoms with Gasteiger partial charge in [0.15, 0.2) is 0 Å². The summed E-state index contributed by atoms with van der Waals surface area (Å²) in [6.45, 7) is 5.38. The van der Waals surface area contributed by atoms with Crippen LogP contribution in [-0.2, 0) is 11.2 Å². The highest BCUT2D eigenvalue weighted by Gasteiger charge is 2.36. The zero-order valence-corrected chi connectivity index (χ0v) is 14.7. The third-order valence-electron chi connectivity index (χ3n) is 5.74. The molecule has 2 fully saturated rings. The van der Waals surface area contributed by atoms with Crippen molar-refractivity contribution in [1.82, 2.24) is 10.2 Å². The van der Waals surface area contributed by atoms with Crippen LogP contribution in [0.3, 0.4) is 0 Å². The minimum absolute atomic E-state index is 0.0487. The van der Waals surface area contributed by atoms with E-state index in [-0.39, 0.29) is 11.9 Å². The molecule has 1 aliphatic carbocycles. The van der Waals surface area contributed by atoms with Crippen molar-refractivity contribution in [3.8, 4) is 0 Å². The molecule has 5 nitrogen and oxygen atoms in total. The number of carbonyl (C=O) groups is 2. The number of carbonyl (C=O) groups excluding carboxylic acids is 2. The molecule has 1 N–H and O–H groups in total. The highest BCUT2D eigenvalue weighted by molar-refractivity contribution is 5.94. The molecule has 4 rings (SSSR count).